The highest BCUT2D eigenvalue weighted by molar-refractivity contribution is 7.86. The van der Waals surface area contributed by atoms with Crippen molar-refractivity contribution in [2.45, 2.75) is 20.3 Å². The van der Waals surface area contributed by atoms with Gasteiger partial charge in [0.1, 0.15) is 0 Å². The van der Waals surface area contributed by atoms with Crippen molar-refractivity contribution in [3.8, 4) is 0 Å². The molecule has 1 aliphatic rings. The van der Waals surface area contributed by atoms with Crippen LogP contribution in [-0.4, -0.2) is 66.6 Å². The lowest BCUT2D eigenvalue weighted by molar-refractivity contribution is 0.184. The first-order chi connectivity index (χ1) is 8.41. The highest BCUT2D eigenvalue weighted by Crippen LogP contribution is 2.24. The summed E-state index contributed by atoms with van der Waals surface area (Å²) in [6, 6.07) is 0. The number of hydrogen-bond acceptors (Lipinski definition) is 4. The largest absolute Gasteiger partial charge is 0.395 e. The minimum Gasteiger partial charge on any atom is -0.395 e. The fourth-order valence-electron chi connectivity index (χ4n) is 2.52. The predicted octanol–water partition coefficient (Wildman–Crippen LogP) is -0.504. The molecular weight excluding hydrogens is 256 g/mol. The van der Waals surface area contributed by atoms with E-state index in [0.29, 0.717) is 24.9 Å². The number of aliphatic hydroxyl groups excluding tert-OH is 2. The number of nitrogens with zero attached hydrogens (tertiary/aromatic N) is 2. The van der Waals surface area contributed by atoms with E-state index in [0.717, 1.165) is 10.7 Å². The van der Waals surface area contributed by atoms with Gasteiger partial charge in [-0.2, -0.15) is 17.0 Å². The molecule has 1 heterocycles. The van der Waals surface area contributed by atoms with Gasteiger partial charge in [0.05, 0.1) is 13.2 Å². The Kier molecular flexibility index (Phi) is 6.00. The maximum absolute atomic E-state index is 12.4. The Morgan fingerprint density at radius 3 is 1.94 bits per heavy atom. The van der Waals surface area contributed by atoms with Crippen LogP contribution in [0, 0.1) is 11.8 Å². The first-order valence-corrected chi connectivity index (χ1v) is 7.78. The van der Waals surface area contributed by atoms with E-state index in [2.05, 4.69) is 0 Å². The Bertz CT molecular complexity index is 331. The molecule has 108 valence electrons. The normalized spacial score (nSPS) is 26.7. The van der Waals surface area contributed by atoms with E-state index >= 15 is 0 Å². The lowest BCUT2D eigenvalue weighted by atomic mass is 9.94. The van der Waals surface area contributed by atoms with E-state index in [9.17, 15) is 8.42 Å². The monoisotopic (exact) mass is 280 g/mol. The molecule has 0 amide bonds. The van der Waals surface area contributed by atoms with Crippen molar-refractivity contribution in [1.29, 1.82) is 0 Å². The van der Waals surface area contributed by atoms with Gasteiger partial charge in [-0.3, -0.25) is 0 Å². The van der Waals surface area contributed by atoms with Crippen LogP contribution in [-0.2, 0) is 10.2 Å². The molecule has 0 radical (unpaired) electrons. The van der Waals surface area contributed by atoms with Crippen LogP contribution in [0.5, 0.6) is 0 Å². The van der Waals surface area contributed by atoms with Gasteiger partial charge in [0, 0.05) is 26.2 Å². The lowest BCUT2D eigenvalue weighted by Gasteiger charge is -2.36. The second-order valence-corrected chi connectivity index (χ2v) is 7.05. The van der Waals surface area contributed by atoms with Gasteiger partial charge in [0.2, 0.25) is 0 Å². The molecule has 1 saturated heterocycles. The molecule has 0 aromatic rings. The van der Waals surface area contributed by atoms with Crippen LogP contribution in [0.2, 0.25) is 0 Å². The predicted molar refractivity (Wildman–Crippen MR) is 69.2 cm³/mol. The van der Waals surface area contributed by atoms with Crippen LogP contribution in [0.3, 0.4) is 0 Å². The topological polar surface area (TPSA) is 81.1 Å². The molecule has 2 atom stereocenters. The standard InChI is InChI=1S/C11H24N2O4S/c1-10-7-11(2)9-13(8-10)18(16,17)12(3-5-14)4-6-15/h10-11,14-15H,3-9H2,1-2H3. The van der Waals surface area contributed by atoms with Gasteiger partial charge in [0.15, 0.2) is 0 Å². The maximum Gasteiger partial charge on any atom is 0.282 e. The van der Waals surface area contributed by atoms with Gasteiger partial charge in [0.25, 0.3) is 10.2 Å². The number of aliphatic hydroxyl groups is 2. The van der Waals surface area contributed by atoms with E-state index < -0.39 is 10.2 Å². The second-order valence-electron chi connectivity index (χ2n) is 5.12. The molecule has 1 rings (SSSR count). The molecule has 0 aromatic heterocycles. The van der Waals surface area contributed by atoms with Crippen LogP contribution < -0.4 is 0 Å². The van der Waals surface area contributed by atoms with Gasteiger partial charge < -0.3 is 10.2 Å². The molecule has 1 aliphatic heterocycles. The van der Waals surface area contributed by atoms with Gasteiger partial charge in [-0.05, 0) is 18.3 Å². The van der Waals surface area contributed by atoms with Crippen molar-refractivity contribution in [1.82, 2.24) is 8.61 Å². The van der Waals surface area contributed by atoms with Crippen molar-refractivity contribution >= 4 is 10.2 Å². The molecule has 0 aromatic carbocycles. The minimum absolute atomic E-state index is 0.0299. The van der Waals surface area contributed by atoms with Crippen molar-refractivity contribution in [2.75, 3.05) is 39.4 Å². The first kappa shape index (κ1) is 15.8. The van der Waals surface area contributed by atoms with Gasteiger partial charge in [-0.25, -0.2) is 0 Å². The summed E-state index contributed by atoms with van der Waals surface area (Å²) in [5.74, 6) is 0.683. The average molecular weight is 280 g/mol. The van der Waals surface area contributed by atoms with E-state index in [1.165, 1.54) is 4.31 Å². The molecule has 2 N–H and O–H groups in total. The maximum atomic E-state index is 12.4. The minimum atomic E-state index is -3.57. The fourth-order valence-corrected chi connectivity index (χ4v) is 4.36. The second kappa shape index (κ2) is 6.81. The third kappa shape index (κ3) is 3.89. The summed E-state index contributed by atoms with van der Waals surface area (Å²) in [7, 11) is -3.57. The summed E-state index contributed by atoms with van der Waals surface area (Å²) in [6.07, 6.45) is 1.03. The van der Waals surface area contributed by atoms with Gasteiger partial charge >= 0.3 is 0 Å². The van der Waals surface area contributed by atoms with Crippen LogP contribution in [0.1, 0.15) is 20.3 Å². The summed E-state index contributed by atoms with van der Waals surface area (Å²) in [5, 5.41) is 17.8. The smallest absolute Gasteiger partial charge is 0.282 e. The van der Waals surface area contributed by atoms with E-state index in [1.54, 1.807) is 0 Å². The molecule has 0 bridgehead atoms. The van der Waals surface area contributed by atoms with Gasteiger partial charge in [-0.15, -0.1) is 0 Å². The lowest BCUT2D eigenvalue weighted by Crippen LogP contribution is -2.50. The zero-order valence-corrected chi connectivity index (χ0v) is 11.9. The Labute approximate surface area is 109 Å². The molecule has 0 aliphatic carbocycles. The van der Waals surface area contributed by atoms with Crippen LogP contribution >= 0.6 is 0 Å². The highest BCUT2D eigenvalue weighted by Gasteiger charge is 2.34. The van der Waals surface area contributed by atoms with E-state index in [-0.39, 0.29) is 26.3 Å². The SMILES string of the molecule is CC1CC(C)CN(S(=O)(=O)N(CCO)CCO)C1. The molecular formula is C11H24N2O4S. The Hall–Kier alpha value is -0.210. The number of rotatable bonds is 6. The molecule has 1 fully saturated rings. The molecule has 0 saturated carbocycles. The van der Waals surface area contributed by atoms with Crippen LogP contribution in [0.25, 0.3) is 0 Å². The molecule has 18 heavy (non-hydrogen) atoms. The summed E-state index contributed by atoms with van der Waals surface area (Å²) in [4.78, 5) is 0. The highest BCUT2D eigenvalue weighted by atomic mass is 32.2. The number of hydrogen-bond donors (Lipinski definition) is 2. The Morgan fingerprint density at radius 1 is 1.11 bits per heavy atom. The van der Waals surface area contributed by atoms with Crippen molar-refractivity contribution in [3.63, 3.8) is 0 Å². The number of piperidine rings is 1. The van der Waals surface area contributed by atoms with E-state index in [4.69, 9.17) is 10.2 Å². The zero-order chi connectivity index (χ0) is 13.8. The Balaban J connectivity index is 2.82. The molecule has 6 nitrogen and oxygen atoms in total. The summed E-state index contributed by atoms with van der Waals surface area (Å²) < 4.78 is 27.4. The van der Waals surface area contributed by atoms with Crippen molar-refractivity contribution < 1.29 is 18.6 Å². The molecule has 7 heteroatoms. The first-order valence-electron chi connectivity index (χ1n) is 6.38. The van der Waals surface area contributed by atoms with E-state index in [1.807, 2.05) is 13.8 Å². The molecule has 0 spiro atoms. The zero-order valence-electron chi connectivity index (χ0n) is 11.1. The van der Waals surface area contributed by atoms with Crippen LogP contribution in [0.15, 0.2) is 0 Å². The summed E-state index contributed by atoms with van der Waals surface area (Å²) in [6.45, 7) is 4.70. The van der Waals surface area contributed by atoms with Gasteiger partial charge in [-0.1, -0.05) is 13.8 Å². The third-order valence-electron chi connectivity index (χ3n) is 3.19. The van der Waals surface area contributed by atoms with Crippen molar-refractivity contribution in [2.24, 2.45) is 11.8 Å². The fraction of sp³-hybridized carbons (Fsp3) is 1.00. The Morgan fingerprint density at radius 2 is 1.56 bits per heavy atom. The average Bonchev–Trinajstić information content (AvgIpc) is 2.27. The quantitative estimate of drug-likeness (QED) is 0.687. The summed E-state index contributed by atoms with van der Waals surface area (Å²) >= 11 is 0. The molecule has 2 unspecified atom stereocenters. The third-order valence-corrected chi connectivity index (χ3v) is 5.16. The van der Waals surface area contributed by atoms with Crippen LogP contribution in [0.4, 0.5) is 0 Å². The van der Waals surface area contributed by atoms with Crippen molar-refractivity contribution in [3.05, 3.63) is 0 Å². The summed E-state index contributed by atoms with van der Waals surface area (Å²) in [5.41, 5.74) is 0.